The van der Waals surface area contributed by atoms with Crippen molar-refractivity contribution in [3.63, 3.8) is 0 Å². The number of nitro groups is 1. The van der Waals surface area contributed by atoms with Gasteiger partial charge >= 0.3 is 6.09 Å². The Balaban J connectivity index is 1.73. The molecule has 3 aromatic rings. The number of hydrogen-bond donors (Lipinski definition) is 1. The third kappa shape index (κ3) is 5.57. The lowest BCUT2D eigenvalue weighted by molar-refractivity contribution is -0.384. The van der Waals surface area contributed by atoms with Gasteiger partial charge in [-0.3, -0.25) is 14.4 Å². The van der Waals surface area contributed by atoms with Crippen molar-refractivity contribution >= 4 is 27.5 Å². The molecule has 0 aliphatic heterocycles. The van der Waals surface area contributed by atoms with Gasteiger partial charge in [0, 0.05) is 31.8 Å². The zero-order chi connectivity index (χ0) is 24.0. The number of methoxy groups -OCH3 is 1. The topological polar surface area (TPSA) is 128 Å². The molecular weight excluding hydrogens is 450 g/mol. The van der Waals surface area contributed by atoms with E-state index in [0.29, 0.717) is 17.0 Å². The number of para-hydroxylation sites is 1. The lowest BCUT2D eigenvalue weighted by Gasteiger charge is -2.22. The van der Waals surface area contributed by atoms with E-state index in [1.807, 2.05) is 0 Å². The first-order valence-corrected chi connectivity index (χ1v) is 11.1. The summed E-state index contributed by atoms with van der Waals surface area (Å²) < 4.78 is 37.6. The Kier molecular flexibility index (Phi) is 7.13. The Hall–Kier alpha value is -4.12. The van der Waals surface area contributed by atoms with Crippen LogP contribution in [0.1, 0.15) is 5.56 Å². The number of non-ortho nitro benzene ring substituents is 1. The highest BCUT2D eigenvalue weighted by molar-refractivity contribution is 7.92. The molecule has 11 heteroatoms. The second kappa shape index (κ2) is 10.0. The van der Waals surface area contributed by atoms with Crippen molar-refractivity contribution < 1.29 is 27.6 Å². The molecule has 0 saturated carbocycles. The molecule has 0 fully saturated rings. The van der Waals surface area contributed by atoms with Crippen molar-refractivity contribution in [2.45, 2.75) is 11.4 Å². The van der Waals surface area contributed by atoms with Gasteiger partial charge in [0.1, 0.15) is 11.5 Å². The van der Waals surface area contributed by atoms with Crippen LogP contribution in [0.25, 0.3) is 0 Å². The molecule has 0 aliphatic rings. The average Bonchev–Trinajstić information content (AvgIpc) is 2.82. The molecule has 3 aromatic carbocycles. The SMILES string of the molecule is COc1cccc(S(=O)(=O)N(C)c2ccccc2CNC(=O)Oc2ccc([N+](=O)[O-])cc2)c1. The highest BCUT2D eigenvalue weighted by Crippen LogP contribution is 2.27. The van der Waals surface area contributed by atoms with E-state index >= 15 is 0 Å². The van der Waals surface area contributed by atoms with Crippen LogP contribution in [0.15, 0.2) is 77.7 Å². The number of anilines is 1. The predicted octanol–water partition coefficient (Wildman–Crippen LogP) is 3.72. The van der Waals surface area contributed by atoms with Crippen LogP contribution in [0.4, 0.5) is 16.2 Å². The third-order valence-corrected chi connectivity index (χ3v) is 6.48. The number of nitrogens with zero attached hydrogens (tertiary/aromatic N) is 2. The van der Waals surface area contributed by atoms with E-state index < -0.39 is 21.0 Å². The van der Waals surface area contributed by atoms with Crippen LogP contribution in [0.5, 0.6) is 11.5 Å². The summed E-state index contributed by atoms with van der Waals surface area (Å²) in [7, 11) is -1.02. The van der Waals surface area contributed by atoms with Gasteiger partial charge in [0.2, 0.25) is 0 Å². The lowest BCUT2D eigenvalue weighted by atomic mass is 10.2. The first-order chi connectivity index (χ1) is 15.7. The summed E-state index contributed by atoms with van der Waals surface area (Å²) in [4.78, 5) is 22.4. The quantitative estimate of drug-likeness (QED) is 0.392. The Morgan fingerprint density at radius 3 is 2.39 bits per heavy atom. The number of amides is 1. The fourth-order valence-corrected chi connectivity index (χ4v) is 4.23. The van der Waals surface area contributed by atoms with Crippen LogP contribution in [0.2, 0.25) is 0 Å². The molecule has 3 rings (SSSR count). The predicted molar refractivity (Wildman–Crippen MR) is 121 cm³/mol. The molecule has 0 bridgehead atoms. The molecule has 0 heterocycles. The maximum absolute atomic E-state index is 13.1. The fourth-order valence-electron chi connectivity index (χ4n) is 2.96. The number of hydrogen-bond acceptors (Lipinski definition) is 7. The van der Waals surface area contributed by atoms with E-state index in [2.05, 4.69) is 5.32 Å². The van der Waals surface area contributed by atoms with Gasteiger partial charge in [0.25, 0.3) is 15.7 Å². The first-order valence-electron chi connectivity index (χ1n) is 9.63. The van der Waals surface area contributed by atoms with Gasteiger partial charge in [-0.1, -0.05) is 24.3 Å². The van der Waals surface area contributed by atoms with Crippen molar-refractivity contribution in [3.8, 4) is 11.5 Å². The first kappa shape index (κ1) is 23.5. The number of nitrogens with one attached hydrogen (secondary N) is 1. The number of carbonyl (C=O) groups excluding carboxylic acids is 1. The zero-order valence-electron chi connectivity index (χ0n) is 17.8. The van der Waals surface area contributed by atoms with Gasteiger partial charge in [-0.15, -0.1) is 0 Å². The number of ether oxygens (including phenoxy) is 2. The fraction of sp³-hybridized carbons (Fsp3) is 0.136. The largest absolute Gasteiger partial charge is 0.497 e. The van der Waals surface area contributed by atoms with Gasteiger partial charge in [-0.25, -0.2) is 13.2 Å². The van der Waals surface area contributed by atoms with Crippen LogP contribution in [-0.2, 0) is 16.6 Å². The molecule has 0 saturated heterocycles. The molecule has 0 spiro atoms. The van der Waals surface area contributed by atoms with Crippen LogP contribution < -0.4 is 19.1 Å². The van der Waals surface area contributed by atoms with E-state index in [-0.39, 0.29) is 22.9 Å². The third-order valence-electron chi connectivity index (χ3n) is 4.71. The summed E-state index contributed by atoms with van der Waals surface area (Å²) in [6.07, 6.45) is -0.794. The number of sulfonamides is 1. The Morgan fingerprint density at radius 1 is 1.03 bits per heavy atom. The number of rotatable bonds is 8. The van der Waals surface area contributed by atoms with Gasteiger partial charge in [0.15, 0.2) is 0 Å². The Morgan fingerprint density at radius 2 is 1.73 bits per heavy atom. The summed E-state index contributed by atoms with van der Waals surface area (Å²) in [5, 5.41) is 13.3. The normalized spacial score (nSPS) is 10.8. The van der Waals surface area contributed by atoms with Gasteiger partial charge in [-0.2, -0.15) is 0 Å². The Bertz CT molecular complexity index is 1260. The summed E-state index contributed by atoms with van der Waals surface area (Å²) in [5.74, 6) is 0.539. The van der Waals surface area contributed by atoms with E-state index in [9.17, 15) is 23.3 Å². The van der Waals surface area contributed by atoms with Crippen LogP contribution in [-0.4, -0.2) is 33.6 Å². The van der Waals surface area contributed by atoms with E-state index in [4.69, 9.17) is 9.47 Å². The van der Waals surface area contributed by atoms with E-state index in [1.165, 1.54) is 50.6 Å². The van der Waals surface area contributed by atoms with Crippen molar-refractivity contribution in [1.82, 2.24) is 5.32 Å². The van der Waals surface area contributed by atoms with Crippen molar-refractivity contribution in [1.29, 1.82) is 0 Å². The molecule has 1 amide bonds. The lowest BCUT2D eigenvalue weighted by Crippen LogP contribution is -2.30. The number of nitro benzene ring substituents is 1. The second-order valence-electron chi connectivity index (χ2n) is 6.77. The summed E-state index contributed by atoms with van der Waals surface area (Å²) in [5.41, 5.74) is 0.778. The Labute approximate surface area is 190 Å². The van der Waals surface area contributed by atoms with Crippen molar-refractivity contribution in [2.75, 3.05) is 18.5 Å². The van der Waals surface area contributed by atoms with Crippen LogP contribution in [0, 0.1) is 10.1 Å². The molecule has 1 N–H and O–H groups in total. The molecule has 0 aromatic heterocycles. The molecule has 0 atom stereocenters. The summed E-state index contributed by atoms with van der Waals surface area (Å²) in [6.45, 7) is -0.0139. The maximum Gasteiger partial charge on any atom is 0.412 e. The molecule has 10 nitrogen and oxygen atoms in total. The zero-order valence-corrected chi connectivity index (χ0v) is 18.6. The molecular formula is C22H21N3O7S. The van der Waals surface area contributed by atoms with Crippen molar-refractivity contribution in [2.24, 2.45) is 0 Å². The molecule has 0 radical (unpaired) electrons. The highest BCUT2D eigenvalue weighted by atomic mass is 32.2. The van der Waals surface area contributed by atoms with Crippen LogP contribution in [0.3, 0.4) is 0 Å². The monoisotopic (exact) mass is 471 g/mol. The summed E-state index contributed by atoms with van der Waals surface area (Å²) in [6, 6.07) is 17.9. The molecule has 0 aliphatic carbocycles. The number of carbonyl (C=O) groups is 1. The van der Waals surface area contributed by atoms with Crippen molar-refractivity contribution in [3.05, 3.63) is 88.5 Å². The smallest absolute Gasteiger partial charge is 0.412 e. The highest BCUT2D eigenvalue weighted by Gasteiger charge is 2.23. The minimum absolute atomic E-state index is 0.0139. The maximum atomic E-state index is 13.1. The van der Waals surface area contributed by atoms with E-state index in [0.717, 1.165) is 4.31 Å². The minimum atomic E-state index is -3.89. The molecule has 172 valence electrons. The van der Waals surface area contributed by atoms with E-state index in [1.54, 1.807) is 36.4 Å². The standard InChI is InChI=1S/C22H21N3O7S/c1-24(33(29,30)20-8-5-7-19(14-20)31-2)21-9-4-3-6-16(21)15-23-22(26)32-18-12-10-17(11-13-18)25(27)28/h3-14H,15H2,1-2H3,(H,23,26). The van der Waals surface area contributed by atoms with Crippen LogP contribution >= 0.6 is 0 Å². The number of benzene rings is 3. The minimum Gasteiger partial charge on any atom is -0.497 e. The average molecular weight is 471 g/mol. The second-order valence-corrected chi connectivity index (χ2v) is 8.74. The molecule has 0 unspecified atom stereocenters. The molecule has 33 heavy (non-hydrogen) atoms. The van der Waals surface area contributed by atoms with Gasteiger partial charge in [0.05, 0.1) is 22.6 Å². The van der Waals surface area contributed by atoms with Gasteiger partial charge < -0.3 is 14.8 Å². The van der Waals surface area contributed by atoms with Gasteiger partial charge in [-0.05, 0) is 35.9 Å². The summed E-state index contributed by atoms with van der Waals surface area (Å²) >= 11 is 0.